The molecule has 0 aliphatic carbocycles. The van der Waals surface area contributed by atoms with Crippen molar-refractivity contribution in [2.75, 3.05) is 12.1 Å². The van der Waals surface area contributed by atoms with E-state index in [9.17, 15) is 4.79 Å². The molecule has 0 fully saturated rings. The molecule has 0 N–H and O–H groups in total. The fourth-order valence-corrected chi connectivity index (χ4v) is 2.86. The lowest BCUT2D eigenvalue weighted by atomic mass is 10.2. The summed E-state index contributed by atoms with van der Waals surface area (Å²) in [6, 6.07) is 10.2. The van der Waals surface area contributed by atoms with Crippen LogP contribution in [0.1, 0.15) is 21.7 Å². The summed E-state index contributed by atoms with van der Waals surface area (Å²) >= 11 is 7.36. The van der Waals surface area contributed by atoms with E-state index in [1.165, 1.54) is 4.90 Å². The van der Waals surface area contributed by atoms with Crippen LogP contribution in [0.25, 0.3) is 5.69 Å². The molecule has 0 atom stereocenters. The smallest absolute Gasteiger partial charge is 0.179 e. The van der Waals surface area contributed by atoms with Gasteiger partial charge in [0.1, 0.15) is 0 Å². The molecule has 0 unspecified atom stereocenters. The number of benzene rings is 1. The van der Waals surface area contributed by atoms with Crippen molar-refractivity contribution >= 4 is 29.1 Å². The minimum atomic E-state index is -0.0259. The Kier molecular flexibility index (Phi) is 4.38. The zero-order valence-electron chi connectivity index (χ0n) is 11.2. The van der Waals surface area contributed by atoms with Gasteiger partial charge in [-0.15, -0.1) is 23.4 Å². The Morgan fingerprint density at radius 3 is 2.68 bits per heavy atom. The van der Waals surface area contributed by atoms with E-state index in [-0.39, 0.29) is 11.7 Å². The van der Waals surface area contributed by atoms with Crippen molar-refractivity contribution in [1.82, 2.24) is 4.57 Å². The Labute approximate surface area is 122 Å². The molecule has 0 radical (unpaired) electrons. The van der Waals surface area contributed by atoms with Gasteiger partial charge in [0.15, 0.2) is 5.78 Å². The van der Waals surface area contributed by atoms with Crippen LogP contribution in [0.4, 0.5) is 0 Å². The van der Waals surface area contributed by atoms with Crippen molar-refractivity contribution in [3.8, 4) is 5.69 Å². The van der Waals surface area contributed by atoms with Crippen LogP contribution in [0.15, 0.2) is 35.2 Å². The van der Waals surface area contributed by atoms with Crippen molar-refractivity contribution in [1.29, 1.82) is 0 Å². The van der Waals surface area contributed by atoms with Gasteiger partial charge in [0, 0.05) is 27.5 Å². The maximum absolute atomic E-state index is 11.8. The number of hydrogen-bond donors (Lipinski definition) is 0. The zero-order chi connectivity index (χ0) is 14.0. The molecule has 0 bridgehead atoms. The SMILES string of the molecule is CSc1cccc(-n2c(C)cc(C(=O)CCl)c2C)c1. The Hall–Kier alpha value is -1.19. The lowest BCUT2D eigenvalue weighted by molar-refractivity contribution is 0.102. The van der Waals surface area contributed by atoms with Crippen LogP contribution >= 0.6 is 23.4 Å². The molecular formula is C15H16ClNOS. The van der Waals surface area contributed by atoms with Crippen molar-refractivity contribution < 1.29 is 4.79 Å². The van der Waals surface area contributed by atoms with E-state index < -0.39 is 0 Å². The number of halogens is 1. The number of alkyl halides is 1. The first kappa shape index (κ1) is 14.2. The summed E-state index contributed by atoms with van der Waals surface area (Å²) in [5, 5.41) is 0. The molecule has 0 spiro atoms. The van der Waals surface area contributed by atoms with E-state index >= 15 is 0 Å². The number of rotatable bonds is 4. The predicted molar refractivity (Wildman–Crippen MR) is 82.1 cm³/mol. The van der Waals surface area contributed by atoms with E-state index in [4.69, 9.17) is 11.6 Å². The van der Waals surface area contributed by atoms with E-state index in [0.29, 0.717) is 5.56 Å². The van der Waals surface area contributed by atoms with Gasteiger partial charge in [-0.1, -0.05) is 6.07 Å². The van der Waals surface area contributed by atoms with Crippen molar-refractivity contribution in [3.63, 3.8) is 0 Å². The van der Waals surface area contributed by atoms with E-state index in [0.717, 1.165) is 17.1 Å². The monoisotopic (exact) mass is 293 g/mol. The van der Waals surface area contributed by atoms with E-state index in [1.807, 2.05) is 26.0 Å². The minimum Gasteiger partial charge on any atom is -0.318 e. The lowest BCUT2D eigenvalue weighted by Gasteiger charge is -2.10. The zero-order valence-corrected chi connectivity index (χ0v) is 12.8. The third-order valence-corrected chi connectivity index (χ3v) is 4.13. The molecule has 0 amide bonds. The first-order valence-electron chi connectivity index (χ1n) is 6.01. The molecule has 4 heteroatoms. The Balaban J connectivity index is 2.56. The van der Waals surface area contributed by atoms with Crippen molar-refractivity contribution in [2.24, 2.45) is 0 Å². The van der Waals surface area contributed by atoms with Gasteiger partial charge in [0.25, 0.3) is 0 Å². The van der Waals surface area contributed by atoms with Crippen LogP contribution in [0.5, 0.6) is 0 Å². The first-order chi connectivity index (χ1) is 9.08. The molecule has 1 heterocycles. The van der Waals surface area contributed by atoms with E-state index in [2.05, 4.69) is 29.0 Å². The highest BCUT2D eigenvalue weighted by molar-refractivity contribution is 7.98. The molecule has 2 aromatic rings. The van der Waals surface area contributed by atoms with Crippen LogP contribution in [-0.2, 0) is 0 Å². The summed E-state index contributed by atoms with van der Waals surface area (Å²) in [5.41, 5.74) is 3.78. The second-order valence-corrected chi connectivity index (χ2v) is 5.53. The highest BCUT2D eigenvalue weighted by Gasteiger charge is 2.15. The number of carbonyl (C=O) groups is 1. The fraction of sp³-hybridized carbons (Fsp3) is 0.267. The first-order valence-corrected chi connectivity index (χ1v) is 7.77. The second-order valence-electron chi connectivity index (χ2n) is 4.38. The molecule has 19 heavy (non-hydrogen) atoms. The molecule has 1 aromatic carbocycles. The largest absolute Gasteiger partial charge is 0.318 e. The standard InChI is InChI=1S/C15H16ClNOS/c1-10-7-14(15(18)9-16)11(2)17(10)12-5-4-6-13(8-12)19-3/h4-8H,9H2,1-3H3. The van der Waals surface area contributed by atoms with Crippen LogP contribution in [0.3, 0.4) is 0 Å². The average Bonchev–Trinajstić information content (AvgIpc) is 2.73. The number of carbonyl (C=O) groups excluding carboxylic acids is 1. The predicted octanol–water partition coefficient (Wildman–Crippen LogP) is 4.24. The number of nitrogens with zero attached hydrogens (tertiary/aromatic N) is 1. The lowest BCUT2D eigenvalue weighted by Crippen LogP contribution is -2.04. The molecule has 0 saturated carbocycles. The molecule has 0 aliphatic heterocycles. The molecular weight excluding hydrogens is 278 g/mol. The Morgan fingerprint density at radius 1 is 1.32 bits per heavy atom. The minimum absolute atomic E-state index is 0.0230. The third kappa shape index (κ3) is 2.72. The number of aromatic nitrogens is 1. The average molecular weight is 294 g/mol. The third-order valence-electron chi connectivity index (χ3n) is 3.16. The molecule has 0 aliphatic rings. The maximum Gasteiger partial charge on any atom is 0.179 e. The quantitative estimate of drug-likeness (QED) is 0.478. The molecule has 2 nitrogen and oxygen atoms in total. The van der Waals surface area contributed by atoms with Crippen LogP contribution < -0.4 is 0 Å². The van der Waals surface area contributed by atoms with Gasteiger partial charge in [0.2, 0.25) is 0 Å². The van der Waals surface area contributed by atoms with Crippen LogP contribution in [0, 0.1) is 13.8 Å². The summed E-state index contributed by atoms with van der Waals surface area (Å²) < 4.78 is 2.10. The highest BCUT2D eigenvalue weighted by atomic mass is 35.5. The normalized spacial score (nSPS) is 10.7. The molecule has 100 valence electrons. The van der Waals surface area contributed by atoms with Gasteiger partial charge < -0.3 is 4.57 Å². The summed E-state index contributed by atoms with van der Waals surface area (Å²) in [6.07, 6.45) is 2.05. The summed E-state index contributed by atoms with van der Waals surface area (Å²) in [5.74, 6) is -0.00293. The summed E-state index contributed by atoms with van der Waals surface area (Å²) in [6.45, 7) is 3.96. The summed E-state index contributed by atoms with van der Waals surface area (Å²) in [4.78, 5) is 13.0. The van der Waals surface area contributed by atoms with E-state index in [1.54, 1.807) is 11.8 Å². The number of hydrogen-bond acceptors (Lipinski definition) is 2. The van der Waals surface area contributed by atoms with Gasteiger partial charge in [-0.2, -0.15) is 0 Å². The highest BCUT2D eigenvalue weighted by Crippen LogP contribution is 2.24. The molecule has 0 saturated heterocycles. The number of ketones is 1. The maximum atomic E-state index is 11.8. The van der Waals surface area contributed by atoms with Crippen molar-refractivity contribution in [2.45, 2.75) is 18.7 Å². The van der Waals surface area contributed by atoms with Crippen LogP contribution in [0.2, 0.25) is 0 Å². The van der Waals surface area contributed by atoms with Gasteiger partial charge in [-0.25, -0.2) is 0 Å². The number of aryl methyl sites for hydroxylation is 1. The number of thioether (sulfide) groups is 1. The second kappa shape index (κ2) is 5.85. The number of Topliss-reactive ketones (excluding diaryl/α,β-unsaturated/α-hetero) is 1. The van der Waals surface area contributed by atoms with Crippen LogP contribution in [-0.4, -0.2) is 22.5 Å². The molecule has 2 rings (SSSR count). The van der Waals surface area contributed by atoms with Crippen molar-refractivity contribution in [3.05, 3.63) is 47.3 Å². The van der Waals surface area contributed by atoms with Gasteiger partial charge >= 0.3 is 0 Å². The Bertz CT molecular complexity index is 619. The van der Waals surface area contributed by atoms with Gasteiger partial charge in [-0.05, 0) is 44.4 Å². The van der Waals surface area contributed by atoms with Gasteiger partial charge in [-0.3, -0.25) is 4.79 Å². The summed E-state index contributed by atoms with van der Waals surface area (Å²) in [7, 11) is 0. The topological polar surface area (TPSA) is 22.0 Å². The van der Waals surface area contributed by atoms with Gasteiger partial charge in [0.05, 0.1) is 5.88 Å². The Morgan fingerprint density at radius 2 is 2.05 bits per heavy atom. The molecule has 1 aromatic heterocycles. The fourth-order valence-electron chi connectivity index (χ4n) is 2.26.